The van der Waals surface area contributed by atoms with Gasteiger partial charge in [-0.25, -0.2) is 4.98 Å². The van der Waals surface area contributed by atoms with Gasteiger partial charge in [-0.05, 0) is 31.4 Å². The Bertz CT molecular complexity index is 486. The van der Waals surface area contributed by atoms with Gasteiger partial charge in [0.15, 0.2) is 0 Å². The van der Waals surface area contributed by atoms with Gasteiger partial charge in [0, 0.05) is 18.8 Å². The topological polar surface area (TPSA) is 43.8 Å². The van der Waals surface area contributed by atoms with E-state index in [-0.39, 0.29) is 6.04 Å². The second-order valence-electron chi connectivity index (χ2n) is 4.48. The number of aryl methyl sites for hydroxylation is 3. The summed E-state index contributed by atoms with van der Waals surface area (Å²) in [5.74, 6) is 0. The molecule has 1 heterocycles. The van der Waals surface area contributed by atoms with E-state index in [0.717, 1.165) is 18.7 Å². The predicted octanol–water partition coefficient (Wildman–Crippen LogP) is 2.45. The molecule has 0 bridgehead atoms. The highest BCUT2D eigenvalue weighted by Crippen LogP contribution is 2.12. The van der Waals surface area contributed by atoms with E-state index in [4.69, 9.17) is 5.73 Å². The van der Waals surface area contributed by atoms with Crippen molar-refractivity contribution >= 4 is 0 Å². The van der Waals surface area contributed by atoms with Crippen molar-refractivity contribution in [2.24, 2.45) is 5.73 Å². The molecule has 1 unspecified atom stereocenters. The summed E-state index contributed by atoms with van der Waals surface area (Å²) in [7, 11) is 0. The van der Waals surface area contributed by atoms with Crippen LogP contribution in [0, 0.1) is 6.92 Å². The van der Waals surface area contributed by atoms with Gasteiger partial charge in [-0.2, -0.15) is 0 Å². The third-order valence-corrected chi connectivity index (χ3v) is 3.09. The first-order chi connectivity index (χ1) is 8.18. The Morgan fingerprint density at radius 3 is 2.82 bits per heavy atom. The third kappa shape index (κ3) is 2.74. The molecular formula is C14H19N3. The highest BCUT2D eigenvalue weighted by Gasteiger charge is 2.06. The average Bonchev–Trinajstić information content (AvgIpc) is 2.76. The summed E-state index contributed by atoms with van der Waals surface area (Å²) in [5.41, 5.74) is 9.72. The second-order valence-corrected chi connectivity index (χ2v) is 4.48. The van der Waals surface area contributed by atoms with E-state index in [1.54, 1.807) is 0 Å². The Morgan fingerprint density at radius 2 is 2.12 bits per heavy atom. The quantitative estimate of drug-likeness (QED) is 0.875. The summed E-state index contributed by atoms with van der Waals surface area (Å²) in [6.45, 7) is 5.07. The first kappa shape index (κ1) is 11.9. The Labute approximate surface area is 102 Å². The maximum absolute atomic E-state index is 5.90. The van der Waals surface area contributed by atoms with Crippen molar-refractivity contribution in [2.45, 2.75) is 32.9 Å². The maximum Gasteiger partial charge on any atom is 0.0948 e. The van der Waals surface area contributed by atoms with Crippen molar-refractivity contribution in [1.29, 1.82) is 0 Å². The van der Waals surface area contributed by atoms with Crippen LogP contribution in [0.1, 0.15) is 29.8 Å². The molecule has 2 aromatic rings. The highest BCUT2D eigenvalue weighted by atomic mass is 15.1. The van der Waals surface area contributed by atoms with E-state index in [2.05, 4.69) is 40.7 Å². The van der Waals surface area contributed by atoms with Crippen molar-refractivity contribution in [2.75, 3.05) is 0 Å². The summed E-state index contributed by atoms with van der Waals surface area (Å²) in [6.07, 6.45) is 4.72. The number of rotatable bonds is 4. The molecule has 0 aliphatic heterocycles. The van der Waals surface area contributed by atoms with Crippen molar-refractivity contribution < 1.29 is 0 Å². The molecule has 2 rings (SSSR count). The van der Waals surface area contributed by atoms with Gasteiger partial charge in [-0.15, -0.1) is 0 Å². The molecule has 0 saturated heterocycles. The Balaban J connectivity index is 2.08. The van der Waals surface area contributed by atoms with Crippen molar-refractivity contribution in [3.8, 4) is 0 Å². The first-order valence-electron chi connectivity index (χ1n) is 5.98. The van der Waals surface area contributed by atoms with Crippen molar-refractivity contribution in [3.63, 3.8) is 0 Å². The van der Waals surface area contributed by atoms with Crippen LogP contribution in [0.15, 0.2) is 36.8 Å². The molecule has 0 fully saturated rings. The third-order valence-electron chi connectivity index (χ3n) is 3.09. The van der Waals surface area contributed by atoms with Crippen LogP contribution in [0.4, 0.5) is 0 Å². The van der Waals surface area contributed by atoms with E-state index in [0.29, 0.717) is 0 Å². The van der Waals surface area contributed by atoms with Crippen LogP contribution in [0.3, 0.4) is 0 Å². The molecule has 0 spiro atoms. The van der Waals surface area contributed by atoms with Crippen LogP contribution in [0.25, 0.3) is 0 Å². The Kier molecular flexibility index (Phi) is 3.59. The molecule has 1 atom stereocenters. The van der Waals surface area contributed by atoms with E-state index in [1.165, 1.54) is 11.1 Å². The molecule has 0 aliphatic rings. The number of nitrogens with zero attached hydrogens (tertiary/aromatic N) is 2. The number of hydrogen-bond donors (Lipinski definition) is 1. The lowest BCUT2D eigenvalue weighted by atomic mass is 10.1. The molecule has 2 N–H and O–H groups in total. The van der Waals surface area contributed by atoms with Crippen LogP contribution in [0.2, 0.25) is 0 Å². The lowest BCUT2D eigenvalue weighted by Gasteiger charge is -2.11. The molecule has 0 amide bonds. The van der Waals surface area contributed by atoms with Crippen molar-refractivity contribution in [1.82, 2.24) is 9.55 Å². The molecule has 0 radical (unpaired) electrons. The zero-order valence-corrected chi connectivity index (χ0v) is 10.4. The molecule has 90 valence electrons. The largest absolute Gasteiger partial charge is 0.333 e. The fraction of sp³-hybridized carbons (Fsp3) is 0.357. The van der Waals surface area contributed by atoms with Gasteiger partial charge < -0.3 is 10.3 Å². The first-order valence-corrected chi connectivity index (χ1v) is 5.98. The fourth-order valence-corrected chi connectivity index (χ4v) is 2.03. The average molecular weight is 229 g/mol. The highest BCUT2D eigenvalue weighted by molar-refractivity contribution is 5.25. The van der Waals surface area contributed by atoms with Crippen LogP contribution < -0.4 is 5.73 Å². The van der Waals surface area contributed by atoms with Crippen LogP contribution >= 0.6 is 0 Å². The van der Waals surface area contributed by atoms with Gasteiger partial charge >= 0.3 is 0 Å². The molecule has 0 saturated carbocycles. The summed E-state index contributed by atoms with van der Waals surface area (Å²) in [4.78, 5) is 4.16. The minimum atomic E-state index is 0.0365. The van der Waals surface area contributed by atoms with Gasteiger partial charge in [0.2, 0.25) is 0 Å². The Hall–Kier alpha value is -1.61. The standard InChI is InChI=1S/C14H19N3/c1-11-5-3-4-6-13(11)7-8-17-10-16-9-14(17)12(2)15/h3-6,9-10,12H,7-8,15H2,1-2H3. The normalized spacial score (nSPS) is 12.6. The molecule has 0 aliphatic carbocycles. The minimum absolute atomic E-state index is 0.0365. The van der Waals surface area contributed by atoms with E-state index in [9.17, 15) is 0 Å². The second kappa shape index (κ2) is 5.15. The summed E-state index contributed by atoms with van der Waals surface area (Å²) >= 11 is 0. The van der Waals surface area contributed by atoms with Gasteiger partial charge in [0.05, 0.1) is 12.0 Å². The fourth-order valence-electron chi connectivity index (χ4n) is 2.03. The number of aromatic nitrogens is 2. The smallest absolute Gasteiger partial charge is 0.0948 e. The van der Waals surface area contributed by atoms with E-state index < -0.39 is 0 Å². The van der Waals surface area contributed by atoms with Crippen LogP contribution in [-0.4, -0.2) is 9.55 Å². The van der Waals surface area contributed by atoms with E-state index >= 15 is 0 Å². The lowest BCUT2D eigenvalue weighted by molar-refractivity contribution is 0.623. The summed E-state index contributed by atoms with van der Waals surface area (Å²) in [5, 5.41) is 0. The van der Waals surface area contributed by atoms with Gasteiger partial charge in [0.25, 0.3) is 0 Å². The SMILES string of the molecule is Cc1ccccc1CCn1cncc1C(C)N. The monoisotopic (exact) mass is 229 g/mol. The van der Waals surface area contributed by atoms with Gasteiger partial charge in [-0.3, -0.25) is 0 Å². The minimum Gasteiger partial charge on any atom is -0.333 e. The number of benzene rings is 1. The van der Waals surface area contributed by atoms with Crippen LogP contribution in [0.5, 0.6) is 0 Å². The molecule has 3 nitrogen and oxygen atoms in total. The summed E-state index contributed by atoms with van der Waals surface area (Å²) in [6, 6.07) is 8.52. The maximum atomic E-state index is 5.90. The molecule has 1 aromatic carbocycles. The molecular weight excluding hydrogens is 210 g/mol. The van der Waals surface area contributed by atoms with E-state index in [1.807, 2.05) is 19.4 Å². The molecule has 1 aromatic heterocycles. The van der Waals surface area contributed by atoms with Crippen molar-refractivity contribution in [3.05, 3.63) is 53.6 Å². The van der Waals surface area contributed by atoms with Gasteiger partial charge in [0.1, 0.15) is 0 Å². The number of imidazole rings is 1. The zero-order chi connectivity index (χ0) is 12.3. The number of hydrogen-bond acceptors (Lipinski definition) is 2. The Morgan fingerprint density at radius 1 is 1.35 bits per heavy atom. The van der Waals surface area contributed by atoms with Gasteiger partial charge in [-0.1, -0.05) is 24.3 Å². The molecule has 17 heavy (non-hydrogen) atoms. The summed E-state index contributed by atoms with van der Waals surface area (Å²) < 4.78 is 2.14. The predicted molar refractivity (Wildman–Crippen MR) is 69.7 cm³/mol. The number of nitrogens with two attached hydrogens (primary N) is 1. The van der Waals surface area contributed by atoms with Crippen LogP contribution in [-0.2, 0) is 13.0 Å². The zero-order valence-electron chi connectivity index (χ0n) is 10.4. The lowest BCUT2D eigenvalue weighted by Crippen LogP contribution is -2.13. The molecule has 3 heteroatoms.